The first-order chi connectivity index (χ1) is 7.90. The second-order valence-corrected chi connectivity index (χ2v) is 4.90. The number of aryl methyl sites for hydroxylation is 2. The molecule has 2 nitrogen and oxygen atoms in total. The van der Waals surface area contributed by atoms with Crippen LogP contribution in [0.2, 0.25) is 0 Å². The molecule has 0 aliphatic rings. The molecule has 0 heterocycles. The fraction of sp³-hybridized carbons (Fsp3) is 0.400. The van der Waals surface area contributed by atoms with Gasteiger partial charge in [-0.25, -0.2) is 4.79 Å². The molecule has 0 amide bonds. The van der Waals surface area contributed by atoms with E-state index < -0.39 is 5.97 Å². The van der Waals surface area contributed by atoms with Gasteiger partial charge in [0.1, 0.15) is 0 Å². The summed E-state index contributed by atoms with van der Waals surface area (Å²) in [6.07, 6.45) is 2.11. The van der Waals surface area contributed by atoms with Gasteiger partial charge in [-0.05, 0) is 48.4 Å². The van der Waals surface area contributed by atoms with Crippen molar-refractivity contribution in [2.24, 2.45) is 5.92 Å². The normalized spacial score (nSPS) is 11.9. The summed E-state index contributed by atoms with van der Waals surface area (Å²) >= 11 is 0. The topological polar surface area (TPSA) is 37.3 Å². The largest absolute Gasteiger partial charge is 0.478 e. The molecule has 0 bridgehead atoms. The lowest BCUT2D eigenvalue weighted by atomic mass is 9.94. The van der Waals surface area contributed by atoms with Crippen molar-refractivity contribution in [3.8, 4) is 0 Å². The quantitative estimate of drug-likeness (QED) is 0.801. The van der Waals surface area contributed by atoms with Gasteiger partial charge in [-0.2, -0.15) is 0 Å². The minimum atomic E-state index is -0.876. The molecule has 1 aromatic carbocycles. The van der Waals surface area contributed by atoms with Crippen molar-refractivity contribution in [2.45, 2.75) is 34.1 Å². The number of carboxylic acid groups (broad SMARTS) is 1. The van der Waals surface area contributed by atoms with Gasteiger partial charge in [0.2, 0.25) is 0 Å². The highest BCUT2D eigenvalue weighted by atomic mass is 16.4. The summed E-state index contributed by atoms with van der Waals surface area (Å²) in [6.45, 7) is 8.29. The molecule has 0 radical (unpaired) electrons. The van der Waals surface area contributed by atoms with Crippen LogP contribution in [0.1, 0.15) is 37.0 Å². The van der Waals surface area contributed by atoms with Crippen LogP contribution < -0.4 is 0 Å². The number of allylic oxidation sites excluding steroid dienone is 1. The molecular weight excluding hydrogens is 212 g/mol. The predicted molar refractivity (Wildman–Crippen MR) is 71.0 cm³/mol. The van der Waals surface area contributed by atoms with Crippen molar-refractivity contribution in [3.63, 3.8) is 0 Å². The summed E-state index contributed by atoms with van der Waals surface area (Å²) in [4.78, 5) is 10.8. The van der Waals surface area contributed by atoms with E-state index in [0.29, 0.717) is 5.92 Å². The van der Waals surface area contributed by atoms with Crippen LogP contribution in [0.25, 0.3) is 5.57 Å². The highest BCUT2D eigenvalue weighted by molar-refractivity contribution is 5.90. The van der Waals surface area contributed by atoms with Crippen LogP contribution in [0.4, 0.5) is 0 Å². The van der Waals surface area contributed by atoms with E-state index in [4.69, 9.17) is 5.11 Å². The molecule has 17 heavy (non-hydrogen) atoms. The van der Waals surface area contributed by atoms with Gasteiger partial charge in [0.05, 0.1) is 0 Å². The first-order valence-corrected chi connectivity index (χ1v) is 5.91. The second-order valence-electron chi connectivity index (χ2n) is 4.90. The maximum absolute atomic E-state index is 10.8. The summed E-state index contributed by atoms with van der Waals surface area (Å²) in [7, 11) is 0. The third kappa shape index (κ3) is 4.06. The molecule has 1 rings (SSSR count). The standard InChI is InChI=1S/C15H20O2/c1-10(2)7-14(9-15(16)17)13-6-5-11(3)12(4)8-13/h5-6,8-10H,7H2,1-4H3,(H,16,17)/b14-9+. The number of benzene rings is 1. The Balaban J connectivity index is 3.13. The third-order valence-corrected chi connectivity index (χ3v) is 2.80. The monoisotopic (exact) mass is 232 g/mol. The van der Waals surface area contributed by atoms with Gasteiger partial charge in [0.15, 0.2) is 0 Å². The Morgan fingerprint density at radius 3 is 2.41 bits per heavy atom. The molecule has 0 spiro atoms. The van der Waals surface area contributed by atoms with E-state index in [9.17, 15) is 4.79 Å². The molecule has 0 aliphatic heterocycles. The lowest BCUT2D eigenvalue weighted by Gasteiger charge is -2.11. The summed E-state index contributed by atoms with van der Waals surface area (Å²) in [5.74, 6) is -0.430. The number of carboxylic acids is 1. The third-order valence-electron chi connectivity index (χ3n) is 2.80. The maximum atomic E-state index is 10.8. The van der Waals surface area contributed by atoms with Gasteiger partial charge in [0, 0.05) is 6.08 Å². The zero-order valence-corrected chi connectivity index (χ0v) is 10.9. The molecule has 0 aliphatic carbocycles. The minimum Gasteiger partial charge on any atom is -0.478 e. The van der Waals surface area contributed by atoms with Gasteiger partial charge in [-0.3, -0.25) is 0 Å². The van der Waals surface area contributed by atoms with E-state index in [1.165, 1.54) is 17.2 Å². The van der Waals surface area contributed by atoms with Crippen LogP contribution >= 0.6 is 0 Å². The highest BCUT2D eigenvalue weighted by Crippen LogP contribution is 2.24. The highest BCUT2D eigenvalue weighted by Gasteiger charge is 2.07. The van der Waals surface area contributed by atoms with Crippen LogP contribution in [0.5, 0.6) is 0 Å². The Morgan fingerprint density at radius 1 is 1.29 bits per heavy atom. The molecule has 1 aromatic rings. The molecule has 0 saturated heterocycles. The SMILES string of the molecule is Cc1ccc(/C(=C/C(=O)O)CC(C)C)cc1C. The van der Waals surface area contributed by atoms with Crippen molar-refractivity contribution in [3.05, 3.63) is 41.0 Å². The van der Waals surface area contributed by atoms with E-state index in [1.807, 2.05) is 19.1 Å². The zero-order valence-electron chi connectivity index (χ0n) is 10.9. The summed E-state index contributed by atoms with van der Waals surface area (Å²) < 4.78 is 0. The van der Waals surface area contributed by atoms with Crippen molar-refractivity contribution in [2.75, 3.05) is 0 Å². The summed E-state index contributed by atoms with van der Waals surface area (Å²) in [6, 6.07) is 6.10. The van der Waals surface area contributed by atoms with E-state index in [1.54, 1.807) is 0 Å². The smallest absolute Gasteiger partial charge is 0.328 e. The Morgan fingerprint density at radius 2 is 1.94 bits per heavy atom. The molecular formula is C15H20O2. The first kappa shape index (κ1) is 13.5. The molecule has 0 atom stereocenters. The van der Waals surface area contributed by atoms with Gasteiger partial charge >= 0.3 is 5.97 Å². The number of hydrogen-bond donors (Lipinski definition) is 1. The number of carbonyl (C=O) groups is 1. The lowest BCUT2D eigenvalue weighted by Crippen LogP contribution is -1.97. The van der Waals surface area contributed by atoms with Crippen LogP contribution in [0, 0.1) is 19.8 Å². The Kier molecular flexibility index (Phi) is 4.50. The summed E-state index contributed by atoms with van der Waals surface area (Å²) in [5, 5.41) is 8.91. The van der Waals surface area contributed by atoms with E-state index in [2.05, 4.69) is 26.8 Å². The van der Waals surface area contributed by atoms with Crippen molar-refractivity contribution in [1.82, 2.24) is 0 Å². The predicted octanol–water partition coefficient (Wildman–Crippen LogP) is 3.82. The molecule has 0 aromatic heterocycles. The Labute approximate surface area is 103 Å². The van der Waals surface area contributed by atoms with Crippen molar-refractivity contribution < 1.29 is 9.90 Å². The van der Waals surface area contributed by atoms with Crippen LogP contribution in [0.3, 0.4) is 0 Å². The van der Waals surface area contributed by atoms with Crippen molar-refractivity contribution >= 4 is 11.5 Å². The number of aliphatic carboxylic acids is 1. The van der Waals surface area contributed by atoms with Crippen molar-refractivity contribution in [1.29, 1.82) is 0 Å². The van der Waals surface area contributed by atoms with Gasteiger partial charge in [0.25, 0.3) is 0 Å². The molecule has 2 heteroatoms. The summed E-state index contributed by atoms with van der Waals surface area (Å²) in [5.41, 5.74) is 4.34. The minimum absolute atomic E-state index is 0.446. The average molecular weight is 232 g/mol. The average Bonchev–Trinajstić information content (AvgIpc) is 2.19. The maximum Gasteiger partial charge on any atom is 0.328 e. The Hall–Kier alpha value is -1.57. The van der Waals surface area contributed by atoms with Gasteiger partial charge < -0.3 is 5.11 Å². The van der Waals surface area contributed by atoms with Gasteiger partial charge in [-0.15, -0.1) is 0 Å². The fourth-order valence-electron chi connectivity index (χ4n) is 1.79. The Bertz CT molecular complexity index is 442. The second kappa shape index (κ2) is 5.67. The lowest BCUT2D eigenvalue weighted by molar-refractivity contribution is -0.131. The zero-order chi connectivity index (χ0) is 13.0. The fourth-order valence-corrected chi connectivity index (χ4v) is 1.79. The number of rotatable bonds is 4. The van der Waals surface area contributed by atoms with E-state index in [-0.39, 0.29) is 0 Å². The molecule has 1 N–H and O–H groups in total. The molecule has 92 valence electrons. The molecule has 0 saturated carbocycles. The van der Waals surface area contributed by atoms with Crippen LogP contribution in [0.15, 0.2) is 24.3 Å². The van der Waals surface area contributed by atoms with E-state index >= 15 is 0 Å². The number of hydrogen-bond acceptors (Lipinski definition) is 1. The van der Waals surface area contributed by atoms with Gasteiger partial charge in [-0.1, -0.05) is 32.0 Å². The molecule has 0 unspecified atom stereocenters. The van der Waals surface area contributed by atoms with Crippen LogP contribution in [-0.4, -0.2) is 11.1 Å². The first-order valence-electron chi connectivity index (χ1n) is 5.91. The van der Waals surface area contributed by atoms with E-state index in [0.717, 1.165) is 17.6 Å². The van der Waals surface area contributed by atoms with Crippen LogP contribution in [-0.2, 0) is 4.79 Å². The molecule has 0 fully saturated rings.